The molecule has 0 aliphatic heterocycles. The molecular formula is C14H11F3N4O. The molecule has 2 heterocycles. The van der Waals surface area contributed by atoms with Crippen LogP contribution in [-0.2, 0) is 6.18 Å². The summed E-state index contributed by atoms with van der Waals surface area (Å²) in [5.41, 5.74) is -0.489. The zero-order valence-corrected chi connectivity index (χ0v) is 11.3. The Morgan fingerprint density at radius 2 is 2.05 bits per heavy atom. The Hall–Kier alpha value is -2.82. The lowest BCUT2D eigenvalue weighted by Crippen LogP contribution is -2.15. The van der Waals surface area contributed by atoms with Crippen LogP contribution in [0.2, 0.25) is 0 Å². The van der Waals surface area contributed by atoms with Crippen molar-refractivity contribution in [1.82, 2.24) is 9.97 Å². The smallest absolute Gasteiger partial charge is 0.421 e. The molecule has 0 saturated heterocycles. The van der Waals surface area contributed by atoms with Gasteiger partial charge in [-0.15, -0.1) is 0 Å². The van der Waals surface area contributed by atoms with Crippen LogP contribution >= 0.6 is 0 Å². The fraction of sp³-hybridized carbons (Fsp3) is 0.214. The van der Waals surface area contributed by atoms with Gasteiger partial charge in [-0.3, -0.25) is 0 Å². The monoisotopic (exact) mass is 308 g/mol. The van der Waals surface area contributed by atoms with Gasteiger partial charge in [0.05, 0.1) is 12.1 Å². The van der Waals surface area contributed by atoms with Crippen LogP contribution < -0.4 is 10.1 Å². The minimum Gasteiger partial charge on any atom is -0.475 e. The van der Waals surface area contributed by atoms with Gasteiger partial charge in [-0.1, -0.05) is 0 Å². The fourth-order valence-corrected chi connectivity index (χ4v) is 1.61. The van der Waals surface area contributed by atoms with E-state index in [1.165, 1.54) is 18.5 Å². The van der Waals surface area contributed by atoms with Crippen molar-refractivity contribution < 1.29 is 17.9 Å². The van der Waals surface area contributed by atoms with Gasteiger partial charge in [0, 0.05) is 12.4 Å². The van der Waals surface area contributed by atoms with Gasteiger partial charge in [0.25, 0.3) is 0 Å². The van der Waals surface area contributed by atoms with Gasteiger partial charge in [-0.25, -0.2) is 9.97 Å². The maximum atomic E-state index is 12.7. The number of nitrogens with one attached hydrogen (secondary N) is 1. The quantitative estimate of drug-likeness (QED) is 0.860. The van der Waals surface area contributed by atoms with Crippen LogP contribution in [0.4, 0.5) is 19.0 Å². The third-order valence-electron chi connectivity index (χ3n) is 2.62. The van der Waals surface area contributed by atoms with Crippen LogP contribution in [0.1, 0.15) is 11.1 Å². The molecule has 0 aliphatic carbocycles. The Balaban J connectivity index is 1.88. The number of alkyl halides is 3. The molecule has 0 amide bonds. The molecule has 0 spiro atoms. The molecule has 0 atom stereocenters. The van der Waals surface area contributed by atoms with Gasteiger partial charge in [0.15, 0.2) is 0 Å². The lowest BCUT2D eigenvalue weighted by atomic mass is 10.2. The molecule has 0 radical (unpaired) electrons. The minimum atomic E-state index is -4.51. The predicted molar refractivity (Wildman–Crippen MR) is 72.2 cm³/mol. The third kappa shape index (κ3) is 4.09. The molecule has 0 aliphatic rings. The van der Waals surface area contributed by atoms with E-state index in [1.807, 2.05) is 6.07 Å². The predicted octanol–water partition coefficient (Wildman–Crippen LogP) is 2.86. The normalized spacial score (nSPS) is 10.8. The van der Waals surface area contributed by atoms with Crippen molar-refractivity contribution in [3.05, 3.63) is 47.8 Å². The zero-order chi connectivity index (χ0) is 16.0. The number of pyridine rings is 2. The number of halogens is 3. The van der Waals surface area contributed by atoms with Gasteiger partial charge >= 0.3 is 6.18 Å². The highest BCUT2D eigenvalue weighted by molar-refractivity contribution is 5.38. The van der Waals surface area contributed by atoms with Crippen LogP contribution in [0.3, 0.4) is 0 Å². The second-order valence-corrected chi connectivity index (χ2v) is 4.17. The number of anilines is 1. The number of ether oxygens (including phenoxy) is 1. The number of nitrogens with zero attached hydrogens (tertiary/aromatic N) is 3. The topological polar surface area (TPSA) is 70.8 Å². The third-order valence-corrected chi connectivity index (χ3v) is 2.62. The molecule has 8 heteroatoms. The number of aromatic nitrogens is 2. The molecule has 0 saturated carbocycles. The van der Waals surface area contributed by atoms with E-state index in [0.29, 0.717) is 11.4 Å². The van der Waals surface area contributed by atoms with Gasteiger partial charge in [-0.2, -0.15) is 18.4 Å². The number of nitriles is 1. The first-order chi connectivity index (χ1) is 10.5. The summed E-state index contributed by atoms with van der Waals surface area (Å²) >= 11 is 0. The van der Waals surface area contributed by atoms with Crippen molar-refractivity contribution in [1.29, 1.82) is 5.26 Å². The highest BCUT2D eigenvalue weighted by Crippen LogP contribution is 2.34. The molecule has 22 heavy (non-hydrogen) atoms. The molecular weight excluding hydrogens is 297 g/mol. The lowest BCUT2D eigenvalue weighted by molar-refractivity contribution is -0.139. The molecule has 0 bridgehead atoms. The summed E-state index contributed by atoms with van der Waals surface area (Å²) in [5.74, 6) is 0.0456. The summed E-state index contributed by atoms with van der Waals surface area (Å²) in [6.07, 6.45) is -1.88. The molecule has 5 nitrogen and oxygen atoms in total. The van der Waals surface area contributed by atoms with E-state index in [-0.39, 0.29) is 13.2 Å². The van der Waals surface area contributed by atoms with Crippen molar-refractivity contribution >= 4 is 5.82 Å². The maximum Gasteiger partial charge on any atom is 0.421 e. The molecule has 1 N–H and O–H groups in total. The molecule has 2 aromatic rings. The molecule has 2 aromatic heterocycles. The van der Waals surface area contributed by atoms with Crippen molar-refractivity contribution in [2.45, 2.75) is 6.18 Å². The standard InChI is InChI=1S/C14H11F3N4O/c15-14(16,17)11-2-1-5-20-13(11)22-7-6-19-12-4-3-10(8-18)9-21-12/h1-5,9H,6-7H2,(H,19,21). The summed E-state index contributed by atoms with van der Waals surface area (Å²) in [6, 6.07) is 7.23. The van der Waals surface area contributed by atoms with Gasteiger partial charge in [0.2, 0.25) is 5.88 Å². The Kier molecular flexibility index (Phi) is 4.78. The minimum absolute atomic E-state index is 0.0121. The van der Waals surface area contributed by atoms with E-state index in [1.54, 1.807) is 12.1 Å². The second kappa shape index (κ2) is 6.76. The highest BCUT2D eigenvalue weighted by atomic mass is 19.4. The zero-order valence-electron chi connectivity index (χ0n) is 11.3. The Morgan fingerprint density at radius 1 is 1.23 bits per heavy atom. The summed E-state index contributed by atoms with van der Waals surface area (Å²) in [4.78, 5) is 7.56. The SMILES string of the molecule is N#Cc1ccc(NCCOc2ncccc2C(F)(F)F)nc1. The molecule has 114 valence electrons. The van der Waals surface area contributed by atoms with E-state index < -0.39 is 17.6 Å². The average molecular weight is 308 g/mol. The van der Waals surface area contributed by atoms with Crippen molar-refractivity contribution in [3.8, 4) is 11.9 Å². The first kappa shape index (κ1) is 15.6. The van der Waals surface area contributed by atoms with Gasteiger partial charge < -0.3 is 10.1 Å². The summed E-state index contributed by atoms with van der Waals surface area (Å²) in [5, 5.41) is 11.5. The van der Waals surface area contributed by atoms with Crippen molar-refractivity contribution in [3.63, 3.8) is 0 Å². The van der Waals surface area contributed by atoms with Gasteiger partial charge in [0.1, 0.15) is 24.1 Å². The number of rotatable bonds is 5. The molecule has 0 aromatic carbocycles. The molecule has 2 rings (SSSR count). The van der Waals surface area contributed by atoms with Crippen LogP contribution in [0.25, 0.3) is 0 Å². The molecule has 0 unspecified atom stereocenters. The van der Waals surface area contributed by atoms with Crippen molar-refractivity contribution in [2.24, 2.45) is 0 Å². The Labute approximate surface area is 124 Å². The van der Waals surface area contributed by atoms with Crippen LogP contribution in [-0.4, -0.2) is 23.1 Å². The first-order valence-electron chi connectivity index (χ1n) is 6.26. The Bertz CT molecular complexity index is 665. The van der Waals surface area contributed by atoms with E-state index in [2.05, 4.69) is 15.3 Å². The lowest BCUT2D eigenvalue weighted by Gasteiger charge is -2.12. The van der Waals surface area contributed by atoms with Crippen molar-refractivity contribution in [2.75, 3.05) is 18.5 Å². The second-order valence-electron chi connectivity index (χ2n) is 4.17. The van der Waals surface area contributed by atoms with E-state index in [9.17, 15) is 13.2 Å². The number of hydrogen-bond donors (Lipinski definition) is 1. The Morgan fingerprint density at radius 3 is 2.68 bits per heavy atom. The van der Waals surface area contributed by atoms with E-state index in [0.717, 1.165) is 6.07 Å². The number of hydrogen-bond acceptors (Lipinski definition) is 5. The van der Waals surface area contributed by atoms with Crippen LogP contribution in [0.5, 0.6) is 5.88 Å². The first-order valence-corrected chi connectivity index (χ1v) is 6.26. The summed E-state index contributed by atoms with van der Waals surface area (Å²) in [7, 11) is 0. The van der Waals surface area contributed by atoms with E-state index in [4.69, 9.17) is 10.00 Å². The summed E-state index contributed by atoms with van der Waals surface area (Å²) < 4.78 is 43.2. The maximum absolute atomic E-state index is 12.7. The summed E-state index contributed by atoms with van der Waals surface area (Å²) in [6.45, 7) is 0.231. The fourth-order valence-electron chi connectivity index (χ4n) is 1.61. The van der Waals surface area contributed by atoms with Gasteiger partial charge in [-0.05, 0) is 24.3 Å². The molecule has 0 fully saturated rings. The van der Waals surface area contributed by atoms with E-state index >= 15 is 0 Å². The van der Waals surface area contributed by atoms with Crippen LogP contribution in [0.15, 0.2) is 36.7 Å². The highest BCUT2D eigenvalue weighted by Gasteiger charge is 2.34. The largest absolute Gasteiger partial charge is 0.475 e. The van der Waals surface area contributed by atoms with Crippen LogP contribution in [0, 0.1) is 11.3 Å². The average Bonchev–Trinajstić information content (AvgIpc) is 2.51.